The number of amides is 1. The van der Waals surface area contributed by atoms with Gasteiger partial charge in [0.2, 0.25) is 0 Å². The molecule has 1 N–H and O–H groups in total. The second-order valence-corrected chi connectivity index (χ2v) is 6.35. The number of carbonyl (C=O) groups excluding carboxylic acids is 2. The Morgan fingerprint density at radius 1 is 1.37 bits per heavy atom. The number of carbonyl (C=O) groups is 2. The van der Waals surface area contributed by atoms with Crippen molar-refractivity contribution in [1.82, 2.24) is 9.78 Å². The number of benzene rings is 1. The summed E-state index contributed by atoms with van der Waals surface area (Å²) in [5.74, 6) is -1.20. The van der Waals surface area contributed by atoms with E-state index in [9.17, 15) is 19.7 Å². The number of aryl methyl sites for hydroxylation is 3. The van der Waals surface area contributed by atoms with Gasteiger partial charge < -0.3 is 10.1 Å². The largest absolute Gasteiger partial charge is 0.452 e. The molecule has 1 amide bonds. The Labute approximate surface area is 160 Å². The van der Waals surface area contributed by atoms with Crippen molar-refractivity contribution in [1.29, 1.82) is 0 Å². The zero-order valence-electron chi connectivity index (χ0n) is 15.1. The van der Waals surface area contributed by atoms with Crippen LogP contribution in [0.15, 0.2) is 24.3 Å². The first-order valence-electron chi connectivity index (χ1n) is 8.12. The predicted molar refractivity (Wildman–Crippen MR) is 98.6 cm³/mol. The van der Waals surface area contributed by atoms with Crippen LogP contribution in [0.5, 0.6) is 0 Å². The molecule has 0 aliphatic carbocycles. The normalized spacial score (nSPS) is 11.7. The Morgan fingerprint density at radius 3 is 2.67 bits per heavy atom. The zero-order chi connectivity index (χ0) is 20.1. The molecule has 27 heavy (non-hydrogen) atoms. The van der Waals surface area contributed by atoms with E-state index >= 15 is 0 Å². The summed E-state index contributed by atoms with van der Waals surface area (Å²) in [5.41, 5.74) is 1.62. The number of esters is 1. The van der Waals surface area contributed by atoms with E-state index in [1.807, 2.05) is 19.9 Å². The molecule has 0 radical (unpaired) electrons. The maximum absolute atomic E-state index is 12.2. The first kappa shape index (κ1) is 20.4. The van der Waals surface area contributed by atoms with E-state index in [4.69, 9.17) is 16.3 Å². The van der Waals surface area contributed by atoms with E-state index in [1.54, 1.807) is 4.68 Å². The lowest BCUT2D eigenvalue weighted by Gasteiger charge is -2.14. The number of nitrogens with zero attached hydrogens (tertiary/aromatic N) is 3. The van der Waals surface area contributed by atoms with Crippen molar-refractivity contribution in [3.8, 4) is 0 Å². The molecule has 0 saturated heterocycles. The minimum absolute atomic E-state index is 0.0527. The molecule has 2 rings (SSSR count). The SMILES string of the molecule is Cc1cc(C)n(CCC(=O)OC(C)C(=O)Nc2cc([N+](=O)[O-])ccc2Cl)n1. The molecule has 1 heterocycles. The molecule has 10 heteroatoms. The van der Waals surface area contributed by atoms with Crippen molar-refractivity contribution in [2.45, 2.75) is 39.8 Å². The number of rotatable bonds is 7. The summed E-state index contributed by atoms with van der Waals surface area (Å²) in [7, 11) is 0. The van der Waals surface area contributed by atoms with Gasteiger partial charge in [-0.25, -0.2) is 0 Å². The third-order valence-corrected chi connectivity index (χ3v) is 4.06. The van der Waals surface area contributed by atoms with Crippen LogP contribution in [0.4, 0.5) is 11.4 Å². The van der Waals surface area contributed by atoms with E-state index in [1.165, 1.54) is 19.1 Å². The summed E-state index contributed by atoms with van der Waals surface area (Å²) in [6, 6.07) is 5.56. The molecular formula is C17H19ClN4O5. The summed E-state index contributed by atoms with van der Waals surface area (Å²) >= 11 is 5.93. The molecule has 0 bridgehead atoms. The number of halogens is 1. The molecule has 1 aromatic carbocycles. The van der Waals surface area contributed by atoms with Gasteiger partial charge in [-0.15, -0.1) is 0 Å². The minimum atomic E-state index is -1.09. The Hall–Kier alpha value is -2.94. The topological polar surface area (TPSA) is 116 Å². The van der Waals surface area contributed by atoms with Gasteiger partial charge in [-0.3, -0.25) is 24.4 Å². The maximum Gasteiger partial charge on any atom is 0.308 e. The highest BCUT2D eigenvalue weighted by Gasteiger charge is 2.20. The van der Waals surface area contributed by atoms with Crippen molar-refractivity contribution in [3.63, 3.8) is 0 Å². The van der Waals surface area contributed by atoms with Crippen LogP contribution in [-0.4, -0.2) is 32.7 Å². The fourth-order valence-corrected chi connectivity index (χ4v) is 2.53. The molecule has 1 unspecified atom stereocenters. The second-order valence-electron chi connectivity index (χ2n) is 5.94. The van der Waals surface area contributed by atoms with Crippen LogP contribution < -0.4 is 5.32 Å². The number of hydrogen-bond acceptors (Lipinski definition) is 6. The third-order valence-electron chi connectivity index (χ3n) is 3.73. The number of aromatic nitrogens is 2. The number of nitro benzene ring substituents is 1. The van der Waals surface area contributed by atoms with Gasteiger partial charge >= 0.3 is 5.97 Å². The average Bonchev–Trinajstić information content (AvgIpc) is 2.92. The molecular weight excluding hydrogens is 376 g/mol. The van der Waals surface area contributed by atoms with Crippen LogP contribution in [0.25, 0.3) is 0 Å². The van der Waals surface area contributed by atoms with Crippen molar-refractivity contribution < 1.29 is 19.2 Å². The van der Waals surface area contributed by atoms with Crippen LogP contribution in [0.3, 0.4) is 0 Å². The molecule has 0 fully saturated rings. The van der Waals surface area contributed by atoms with Crippen LogP contribution in [0.2, 0.25) is 5.02 Å². The highest BCUT2D eigenvalue weighted by atomic mass is 35.5. The van der Waals surface area contributed by atoms with Crippen molar-refractivity contribution in [2.75, 3.05) is 5.32 Å². The van der Waals surface area contributed by atoms with Crippen LogP contribution >= 0.6 is 11.6 Å². The number of non-ortho nitro benzene ring substituents is 1. The standard InChI is InChI=1S/C17H19ClN4O5/c1-10-8-11(2)21(20-10)7-6-16(23)27-12(3)17(24)19-15-9-13(22(25)26)4-5-14(15)18/h4-5,8-9,12H,6-7H2,1-3H3,(H,19,24). The van der Waals surface area contributed by atoms with Gasteiger partial charge in [0.25, 0.3) is 11.6 Å². The van der Waals surface area contributed by atoms with Gasteiger partial charge in [0.15, 0.2) is 6.10 Å². The molecule has 0 aliphatic heterocycles. The summed E-state index contributed by atoms with van der Waals surface area (Å²) in [6.07, 6.45) is -1.04. The first-order valence-corrected chi connectivity index (χ1v) is 8.50. The molecule has 0 aliphatic rings. The summed E-state index contributed by atoms with van der Waals surface area (Å²) in [5, 5.41) is 17.6. The summed E-state index contributed by atoms with van der Waals surface area (Å²) < 4.78 is 6.79. The molecule has 1 aromatic heterocycles. The number of hydrogen-bond donors (Lipinski definition) is 1. The molecule has 1 atom stereocenters. The van der Waals surface area contributed by atoms with Gasteiger partial charge in [-0.1, -0.05) is 11.6 Å². The second kappa shape index (κ2) is 8.63. The number of anilines is 1. The number of nitro groups is 1. The Kier molecular flexibility index (Phi) is 6.51. The first-order chi connectivity index (χ1) is 12.7. The third kappa shape index (κ3) is 5.52. The Bertz CT molecular complexity index is 880. The monoisotopic (exact) mass is 394 g/mol. The lowest BCUT2D eigenvalue weighted by molar-refractivity contribution is -0.384. The molecule has 144 valence electrons. The molecule has 9 nitrogen and oxygen atoms in total. The van der Waals surface area contributed by atoms with E-state index in [-0.39, 0.29) is 22.8 Å². The van der Waals surface area contributed by atoms with Crippen molar-refractivity contribution in [2.24, 2.45) is 0 Å². The summed E-state index contributed by atoms with van der Waals surface area (Å²) in [4.78, 5) is 34.3. The molecule has 0 saturated carbocycles. The maximum atomic E-state index is 12.2. The Balaban J connectivity index is 1.91. The van der Waals surface area contributed by atoms with Gasteiger partial charge in [-0.05, 0) is 32.9 Å². The fourth-order valence-electron chi connectivity index (χ4n) is 2.37. The van der Waals surface area contributed by atoms with E-state index < -0.39 is 22.9 Å². The lowest BCUT2D eigenvalue weighted by Crippen LogP contribution is -2.30. The molecule has 0 spiro atoms. The number of nitrogens with one attached hydrogen (secondary N) is 1. The van der Waals surface area contributed by atoms with Crippen LogP contribution in [0, 0.1) is 24.0 Å². The predicted octanol–water partition coefficient (Wildman–Crippen LogP) is 3.02. The van der Waals surface area contributed by atoms with Crippen LogP contribution in [-0.2, 0) is 20.9 Å². The quantitative estimate of drug-likeness (QED) is 0.438. The van der Waals surface area contributed by atoms with E-state index in [0.717, 1.165) is 17.5 Å². The van der Waals surface area contributed by atoms with Crippen LogP contribution in [0.1, 0.15) is 24.7 Å². The van der Waals surface area contributed by atoms with Gasteiger partial charge in [-0.2, -0.15) is 5.10 Å². The van der Waals surface area contributed by atoms with Gasteiger partial charge in [0, 0.05) is 17.8 Å². The average molecular weight is 395 g/mol. The zero-order valence-corrected chi connectivity index (χ0v) is 15.8. The molecule has 2 aromatic rings. The highest BCUT2D eigenvalue weighted by molar-refractivity contribution is 6.33. The van der Waals surface area contributed by atoms with E-state index in [2.05, 4.69) is 10.4 Å². The summed E-state index contributed by atoms with van der Waals surface area (Å²) in [6.45, 7) is 5.48. The van der Waals surface area contributed by atoms with Gasteiger partial charge in [0.1, 0.15) is 0 Å². The van der Waals surface area contributed by atoms with Crippen molar-refractivity contribution >= 4 is 34.9 Å². The van der Waals surface area contributed by atoms with Crippen molar-refractivity contribution in [3.05, 3.63) is 50.8 Å². The Morgan fingerprint density at radius 2 is 2.07 bits per heavy atom. The highest BCUT2D eigenvalue weighted by Crippen LogP contribution is 2.26. The fraction of sp³-hybridized carbons (Fsp3) is 0.353. The smallest absolute Gasteiger partial charge is 0.308 e. The number of ether oxygens (including phenoxy) is 1. The van der Waals surface area contributed by atoms with E-state index in [0.29, 0.717) is 6.54 Å². The lowest BCUT2D eigenvalue weighted by atomic mass is 10.2. The minimum Gasteiger partial charge on any atom is -0.452 e. The van der Waals surface area contributed by atoms with Gasteiger partial charge in [0.05, 0.1) is 34.3 Å².